The molecule has 0 aromatic rings. The SMILES string of the molecule is CCCCCN(CCCCC(C)(C#N)NCCC)C(C)C. The molecule has 0 saturated heterocycles. The van der Waals surface area contributed by atoms with Gasteiger partial charge in [-0.05, 0) is 72.5 Å². The second-order valence-electron chi connectivity index (χ2n) is 6.66. The first-order valence-electron chi connectivity index (χ1n) is 8.89. The van der Waals surface area contributed by atoms with Gasteiger partial charge in [-0.25, -0.2) is 0 Å². The van der Waals surface area contributed by atoms with E-state index in [0.29, 0.717) is 6.04 Å². The number of hydrogen-bond acceptors (Lipinski definition) is 3. The van der Waals surface area contributed by atoms with Gasteiger partial charge in [-0.2, -0.15) is 5.26 Å². The first kappa shape index (κ1) is 20.4. The van der Waals surface area contributed by atoms with Crippen LogP contribution in [0.25, 0.3) is 0 Å². The van der Waals surface area contributed by atoms with Crippen molar-refractivity contribution in [1.82, 2.24) is 10.2 Å². The number of nitrogens with zero attached hydrogens (tertiary/aromatic N) is 2. The molecule has 3 heteroatoms. The Hall–Kier alpha value is -0.590. The Kier molecular flexibility index (Phi) is 11.7. The predicted octanol–water partition coefficient (Wildman–Crippen LogP) is 4.34. The van der Waals surface area contributed by atoms with Gasteiger partial charge in [-0.1, -0.05) is 26.7 Å². The van der Waals surface area contributed by atoms with Gasteiger partial charge in [0.1, 0.15) is 5.54 Å². The summed E-state index contributed by atoms with van der Waals surface area (Å²) in [5, 5.41) is 12.7. The minimum absolute atomic E-state index is 0.346. The highest BCUT2D eigenvalue weighted by atomic mass is 15.1. The van der Waals surface area contributed by atoms with Crippen LogP contribution in [-0.2, 0) is 0 Å². The van der Waals surface area contributed by atoms with Crippen LogP contribution in [0.5, 0.6) is 0 Å². The smallest absolute Gasteiger partial charge is 0.103 e. The fourth-order valence-corrected chi connectivity index (χ4v) is 2.57. The molecule has 0 rings (SSSR count). The summed E-state index contributed by atoms with van der Waals surface area (Å²) in [6.07, 6.45) is 8.27. The summed E-state index contributed by atoms with van der Waals surface area (Å²) in [6.45, 7) is 14.3. The Bertz CT molecular complexity index is 283. The number of rotatable bonds is 13. The maximum atomic E-state index is 9.33. The van der Waals surface area contributed by atoms with Gasteiger partial charge in [-0.15, -0.1) is 0 Å². The number of nitriles is 1. The molecule has 0 aromatic heterocycles. The summed E-state index contributed by atoms with van der Waals surface area (Å²) >= 11 is 0. The third kappa shape index (κ3) is 9.87. The number of nitrogens with one attached hydrogen (secondary N) is 1. The molecule has 0 bridgehead atoms. The molecule has 0 aliphatic rings. The van der Waals surface area contributed by atoms with E-state index in [9.17, 15) is 5.26 Å². The molecule has 3 nitrogen and oxygen atoms in total. The van der Waals surface area contributed by atoms with E-state index < -0.39 is 0 Å². The molecule has 0 saturated carbocycles. The average molecular weight is 296 g/mol. The maximum Gasteiger partial charge on any atom is 0.103 e. The van der Waals surface area contributed by atoms with Gasteiger partial charge in [0, 0.05) is 6.04 Å². The van der Waals surface area contributed by atoms with Crippen molar-refractivity contribution < 1.29 is 0 Å². The lowest BCUT2D eigenvalue weighted by Gasteiger charge is -2.27. The van der Waals surface area contributed by atoms with Gasteiger partial charge in [0.25, 0.3) is 0 Å². The summed E-state index contributed by atoms with van der Waals surface area (Å²) in [5.74, 6) is 0. The largest absolute Gasteiger partial charge is 0.301 e. The molecular weight excluding hydrogens is 258 g/mol. The van der Waals surface area contributed by atoms with Gasteiger partial charge < -0.3 is 4.90 Å². The Balaban J connectivity index is 4.00. The standard InChI is InChI=1S/C18H37N3/c1-6-8-10-14-21(17(3)4)15-11-9-12-18(5,16-19)20-13-7-2/h17,20H,6-15H2,1-5H3. The van der Waals surface area contributed by atoms with Crippen LogP contribution in [0.2, 0.25) is 0 Å². The molecule has 21 heavy (non-hydrogen) atoms. The molecule has 0 amide bonds. The molecule has 0 radical (unpaired) electrons. The minimum Gasteiger partial charge on any atom is -0.301 e. The summed E-state index contributed by atoms with van der Waals surface area (Å²) in [6, 6.07) is 3.07. The fourth-order valence-electron chi connectivity index (χ4n) is 2.57. The van der Waals surface area contributed by atoms with E-state index in [-0.39, 0.29) is 5.54 Å². The second-order valence-corrected chi connectivity index (χ2v) is 6.66. The van der Waals surface area contributed by atoms with Crippen LogP contribution < -0.4 is 5.32 Å². The average Bonchev–Trinajstić information content (AvgIpc) is 2.47. The normalized spacial score (nSPS) is 14.4. The van der Waals surface area contributed by atoms with Crippen LogP contribution >= 0.6 is 0 Å². The van der Waals surface area contributed by atoms with Crippen molar-refractivity contribution in [1.29, 1.82) is 5.26 Å². The van der Waals surface area contributed by atoms with Gasteiger partial charge >= 0.3 is 0 Å². The van der Waals surface area contributed by atoms with Gasteiger partial charge in [0.05, 0.1) is 6.07 Å². The molecule has 1 unspecified atom stereocenters. The van der Waals surface area contributed by atoms with Gasteiger partial charge in [0.2, 0.25) is 0 Å². The highest BCUT2D eigenvalue weighted by Gasteiger charge is 2.21. The van der Waals surface area contributed by atoms with Crippen LogP contribution in [0.4, 0.5) is 0 Å². The molecule has 0 aliphatic heterocycles. The van der Waals surface area contributed by atoms with E-state index in [1.54, 1.807) is 0 Å². The lowest BCUT2D eigenvalue weighted by molar-refractivity contribution is 0.210. The zero-order valence-corrected chi connectivity index (χ0v) is 15.0. The van der Waals surface area contributed by atoms with Crippen molar-refractivity contribution in [2.75, 3.05) is 19.6 Å². The second kappa shape index (κ2) is 12.0. The zero-order chi connectivity index (χ0) is 16.1. The molecule has 0 spiro atoms. The van der Waals surface area contributed by atoms with Crippen LogP contribution in [-0.4, -0.2) is 36.1 Å². The lowest BCUT2D eigenvalue weighted by Crippen LogP contribution is -2.41. The van der Waals surface area contributed by atoms with Crippen molar-refractivity contribution in [2.45, 2.75) is 91.1 Å². The molecular formula is C18H37N3. The Morgan fingerprint density at radius 2 is 1.67 bits per heavy atom. The fraction of sp³-hybridized carbons (Fsp3) is 0.944. The number of hydrogen-bond donors (Lipinski definition) is 1. The van der Waals surface area contributed by atoms with E-state index in [2.05, 4.69) is 44.0 Å². The Morgan fingerprint density at radius 3 is 2.14 bits per heavy atom. The first-order chi connectivity index (χ1) is 9.99. The third-order valence-corrected chi connectivity index (χ3v) is 4.16. The Labute approximate surface area is 133 Å². The third-order valence-electron chi connectivity index (χ3n) is 4.16. The molecule has 1 N–H and O–H groups in total. The van der Waals surface area contributed by atoms with E-state index in [4.69, 9.17) is 0 Å². The molecule has 0 fully saturated rings. The molecule has 1 atom stereocenters. The van der Waals surface area contributed by atoms with Crippen molar-refractivity contribution in [2.24, 2.45) is 0 Å². The van der Waals surface area contributed by atoms with Gasteiger partial charge in [-0.3, -0.25) is 5.32 Å². The van der Waals surface area contributed by atoms with Crippen molar-refractivity contribution >= 4 is 0 Å². The van der Waals surface area contributed by atoms with E-state index in [0.717, 1.165) is 32.4 Å². The highest BCUT2D eigenvalue weighted by Crippen LogP contribution is 2.14. The number of unbranched alkanes of at least 4 members (excludes halogenated alkanes) is 3. The predicted molar refractivity (Wildman–Crippen MR) is 92.4 cm³/mol. The Morgan fingerprint density at radius 1 is 1.05 bits per heavy atom. The summed E-state index contributed by atoms with van der Waals surface area (Å²) < 4.78 is 0. The summed E-state index contributed by atoms with van der Waals surface area (Å²) in [5.41, 5.74) is -0.346. The molecule has 0 aliphatic carbocycles. The quantitative estimate of drug-likeness (QED) is 0.514. The highest BCUT2D eigenvalue weighted by molar-refractivity contribution is 5.03. The summed E-state index contributed by atoms with van der Waals surface area (Å²) in [7, 11) is 0. The van der Waals surface area contributed by atoms with E-state index in [1.807, 2.05) is 6.92 Å². The molecule has 0 aromatic carbocycles. The van der Waals surface area contributed by atoms with Crippen LogP contribution in [0, 0.1) is 11.3 Å². The minimum atomic E-state index is -0.346. The van der Waals surface area contributed by atoms with Crippen LogP contribution in [0.1, 0.15) is 79.6 Å². The van der Waals surface area contributed by atoms with E-state index in [1.165, 1.54) is 32.2 Å². The van der Waals surface area contributed by atoms with E-state index >= 15 is 0 Å². The van der Waals surface area contributed by atoms with Crippen molar-refractivity contribution in [3.05, 3.63) is 0 Å². The van der Waals surface area contributed by atoms with Crippen molar-refractivity contribution in [3.63, 3.8) is 0 Å². The molecule has 0 heterocycles. The van der Waals surface area contributed by atoms with Gasteiger partial charge in [0.15, 0.2) is 0 Å². The van der Waals surface area contributed by atoms with Crippen LogP contribution in [0.15, 0.2) is 0 Å². The van der Waals surface area contributed by atoms with Crippen LogP contribution in [0.3, 0.4) is 0 Å². The zero-order valence-electron chi connectivity index (χ0n) is 15.0. The topological polar surface area (TPSA) is 39.1 Å². The lowest BCUT2D eigenvalue weighted by atomic mass is 9.96. The van der Waals surface area contributed by atoms with Crippen molar-refractivity contribution in [3.8, 4) is 6.07 Å². The maximum absolute atomic E-state index is 9.33. The summed E-state index contributed by atoms with van der Waals surface area (Å²) in [4.78, 5) is 2.58. The molecule has 124 valence electrons. The first-order valence-corrected chi connectivity index (χ1v) is 8.89. The monoisotopic (exact) mass is 295 g/mol.